The Morgan fingerprint density at radius 2 is 1.90 bits per heavy atom. The van der Waals surface area contributed by atoms with Crippen molar-refractivity contribution < 1.29 is 14.0 Å². The molecule has 148 valence electrons. The zero-order chi connectivity index (χ0) is 20.4. The summed E-state index contributed by atoms with van der Waals surface area (Å²) in [5.74, 6) is -0.882. The molecule has 2 heterocycles. The van der Waals surface area contributed by atoms with Gasteiger partial charge in [0.1, 0.15) is 5.82 Å². The van der Waals surface area contributed by atoms with Crippen molar-refractivity contribution in [2.24, 2.45) is 0 Å². The van der Waals surface area contributed by atoms with Gasteiger partial charge in [-0.3, -0.25) is 9.59 Å². The number of nitrogens with one attached hydrogen (secondary N) is 2. The Labute approximate surface area is 168 Å². The van der Waals surface area contributed by atoms with Gasteiger partial charge >= 0.3 is 0 Å². The maximum Gasteiger partial charge on any atom is 0.257 e. The van der Waals surface area contributed by atoms with Crippen molar-refractivity contribution >= 4 is 28.3 Å². The highest BCUT2D eigenvalue weighted by Crippen LogP contribution is 2.31. The fourth-order valence-corrected chi connectivity index (χ4v) is 3.63. The van der Waals surface area contributed by atoms with Crippen LogP contribution in [0.3, 0.4) is 0 Å². The minimum absolute atomic E-state index is 0.224. The van der Waals surface area contributed by atoms with Crippen LogP contribution in [0.4, 0.5) is 4.39 Å². The Bertz CT molecular complexity index is 1100. The van der Waals surface area contributed by atoms with Crippen LogP contribution in [0.1, 0.15) is 35.0 Å². The zero-order valence-electron chi connectivity index (χ0n) is 16.2. The number of aromatic nitrogens is 1. The summed E-state index contributed by atoms with van der Waals surface area (Å²) in [7, 11) is 0. The quantitative estimate of drug-likeness (QED) is 0.709. The van der Waals surface area contributed by atoms with Gasteiger partial charge in [0, 0.05) is 35.8 Å². The molecule has 3 aromatic rings. The number of H-pyrrole nitrogens is 1. The number of para-hydroxylation sites is 1. The molecule has 1 aromatic heterocycles. The molecule has 0 aliphatic carbocycles. The number of rotatable bonds is 4. The Morgan fingerprint density at radius 3 is 2.66 bits per heavy atom. The van der Waals surface area contributed by atoms with Crippen LogP contribution < -0.4 is 5.32 Å². The van der Waals surface area contributed by atoms with E-state index in [1.165, 1.54) is 29.2 Å². The van der Waals surface area contributed by atoms with Gasteiger partial charge in [-0.2, -0.15) is 0 Å². The number of nitrogens with zero attached hydrogens (tertiary/aromatic N) is 1. The molecule has 0 atom stereocenters. The Hall–Kier alpha value is -3.41. The average molecular weight is 391 g/mol. The molecule has 2 aromatic carbocycles. The summed E-state index contributed by atoms with van der Waals surface area (Å²) in [5, 5.41) is 3.96. The monoisotopic (exact) mass is 391 g/mol. The zero-order valence-corrected chi connectivity index (χ0v) is 16.2. The number of carbonyl (C=O) groups is 2. The van der Waals surface area contributed by atoms with Crippen LogP contribution in [0, 0.1) is 5.82 Å². The molecule has 0 bridgehead atoms. The van der Waals surface area contributed by atoms with Crippen LogP contribution in [0.25, 0.3) is 16.5 Å². The lowest BCUT2D eigenvalue weighted by atomic mass is 10.0. The highest BCUT2D eigenvalue weighted by atomic mass is 19.1. The summed E-state index contributed by atoms with van der Waals surface area (Å²) in [6, 6.07) is 13.4. The molecule has 2 amide bonds. The Kier molecular flexibility index (Phi) is 5.16. The molecule has 5 nitrogen and oxygen atoms in total. The second kappa shape index (κ2) is 7.91. The molecular formula is C23H22FN3O2. The second-order valence-corrected chi connectivity index (χ2v) is 7.08. The first-order chi connectivity index (χ1) is 14.1. The number of halogens is 1. The topological polar surface area (TPSA) is 65.2 Å². The van der Waals surface area contributed by atoms with Gasteiger partial charge in [0.15, 0.2) is 0 Å². The molecule has 0 saturated heterocycles. The molecule has 6 heteroatoms. The first-order valence-electron chi connectivity index (χ1n) is 9.75. The van der Waals surface area contributed by atoms with Crippen molar-refractivity contribution in [1.29, 1.82) is 0 Å². The van der Waals surface area contributed by atoms with Crippen LogP contribution >= 0.6 is 0 Å². The van der Waals surface area contributed by atoms with Crippen LogP contribution in [-0.2, 0) is 11.2 Å². The fraction of sp³-hybridized carbons (Fsp3) is 0.217. The lowest BCUT2D eigenvalue weighted by Gasteiger charge is -2.18. The van der Waals surface area contributed by atoms with Crippen molar-refractivity contribution in [2.75, 3.05) is 13.1 Å². The first-order valence-corrected chi connectivity index (χ1v) is 9.75. The SMILES string of the molecule is CCCNC(=O)C1=CN(C(=O)c2ccc(F)cc2)CCc2c1[nH]c1ccccc21. The van der Waals surface area contributed by atoms with Crippen molar-refractivity contribution in [3.8, 4) is 0 Å². The lowest BCUT2D eigenvalue weighted by Crippen LogP contribution is -2.30. The van der Waals surface area contributed by atoms with E-state index in [1.807, 2.05) is 31.2 Å². The molecule has 4 rings (SSSR count). The van der Waals surface area contributed by atoms with Gasteiger partial charge < -0.3 is 15.2 Å². The molecule has 1 aliphatic rings. The molecule has 0 saturated carbocycles. The van der Waals surface area contributed by atoms with Gasteiger partial charge in [0.2, 0.25) is 0 Å². The van der Waals surface area contributed by atoms with Gasteiger partial charge in [-0.15, -0.1) is 0 Å². The highest BCUT2D eigenvalue weighted by Gasteiger charge is 2.26. The smallest absolute Gasteiger partial charge is 0.257 e. The number of hydrogen-bond acceptors (Lipinski definition) is 2. The van der Waals surface area contributed by atoms with E-state index >= 15 is 0 Å². The van der Waals surface area contributed by atoms with Crippen LogP contribution in [0.5, 0.6) is 0 Å². The third-order valence-electron chi connectivity index (χ3n) is 5.10. The van der Waals surface area contributed by atoms with Crippen LogP contribution in [-0.4, -0.2) is 34.8 Å². The van der Waals surface area contributed by atoms with E-state index in [1.54, 1.807) is 6.20 Å². The minimum atomic E-state index is -0.394. The Balaban J connectivity index is 1.77. The number of hydrogen-bond donors (Lipinski definition) is 2. The number of fused-ring (bicyclic) bond motifs is 3. The normalized spacial score (nSPS) is 13.6. The summed E-state index contributed by atoms with van der Waals surface area (Å²) in [6.07, 6.45) is 3.03. The molecule has 1 aliphatic heterocycles. The van der Waals surface area contributed by atoms with E-state index in [0.717, 1.165) is 28.6 Å². The van der Waals surface area contributed by atoms with Crippen LogP contribution in [0.2, 0.25) is 0 Å². The third kappa shape index (κ3) is 3.66. The number of carbonyl (C=O) groups excluding carboxylic acids is 2. The van der Waals surface area contributed by atoms with Gasteiger partial charge in [-0.05, 0) is 48.7 Å². The third-order valence-corrected chi connectivity index (χ3v) is 5.10. The predicted molar refractivity (Wildman–Crippen MR) is 111 cm³/mol. The molecule has 2 N–H and O–H groups in total. The lowest BCUT2D eigenvalue weighted by molar-refractivity contribution is -0.115. The maximum atomic E-state index is 13.2. The average Bonchev–Trinajstić information content (AvgIpc) is 2.99. The molecule has 29 heavy (non-hydrogen) atoms. The van der Waals surface area contributed by atoms with E-state index in [9.17, 15) is 14.0 Å². The van der Waals surface area contributed by atoms with Crippen LogP contribution in [0.15, 0.2) is 54.7 Å². The van der Waals surface area contributed by atoms with Crippen molar-refractivity contribution in [2.45, 2.75) is 19.8 Å². The molecule has 0 radical (unpaired) electrons. The van der Waals surface area contributed by atoms with Crippen molar-refractivity contribution in [3.63, 3.8) is 0 Å². The number of aromatic amines is 1. The van der Waals surface area contributed by atoms with E-state index in [4.69, 9.17) is 0 Å². The van der Waals surface area contributed by atoms with Crippen molar-refractivity contribution in [3.05, 3.63) is 77.4 Å². The predicted octanol–water partition coefficient (Wildman–Crippen LogP) is 3.87. The second-order valence-electron chi connectivity index (χ2n) is 7.08. The summed E-state index contributed by atoms with van der Waals surface area (Å²) in [5.41, 5.74) is 3.54. The highest BCUT2D eigenvalue weighted by molar-refractivity contribution is 6.21. The van der Waals surface area contributed by atoms with Crippen molar-refractivity contribution in [1.82, 2.24) is 15.2 Å². The summed E-state index contributed by atoms with van der Waals surface area (Å²) in [6.45, 7) is 2.97. The minimum Gasteiger partial charge on any atom is -0.354 e. The molecule has 0 unspecified atom stereocenters. The summed E-state index contributed by atoms with van der Waals surface area (Å²) >= 11 is 0. The Morgan fingerprint density at radius 1 is 1.14 bits per heavy atom. The fourth-order valence-electron chi connectivity index (χ4n) is 3.63. The largest absolute Gasteiger partial charge is 0.354 e. The number of benzene rings is 2. The summed E-state index contributed by atoms with van der Waals surface area (Å²) < 4.78 is 13.2. The van der Waals surface area contributed by atoms with Gasteiger partial charge in [-0.1, -0.05) is 25.1 Å². The van der Waals surface area contributed by atoms with E-state index in [-0.39, 0.29) is 11.8 Å². The standard InChI is InChI=1S/C23H22FN3O2/c1-2-12-25-22(28)19-14-27(23(29)15-7-9-16(24)10-8-15)13-11-18-17-5-3-4-6-20(17)26-21(18)19/h3-10,14,26H,2,11-13H2,1H3,(H,25,28). The van der Waals surface area contributed by atoms with Gasteiger partial charge in [0.25, 0.3) is 11.8 Å². The first kappa shape index (κ1) is 18.9. The van der Waals surface area contributed by atoms with E-state index in [0.29, 0.717) is 30.6 Å². The van der Waals surface area contributed by atoms with E-state index < -0.39 is 5.82 Å². The maximum absolute atomic E-state index is 13.2. The van der Waals surface area contributed by atoms with Gasteiger partial charge in [0.05, 0.1) is 11.3 Å². The van der Waals surface area contributed by atoms with Gasteiger partial charge in [-0.25, -0.2) is 4.39 Å². The molecule has 0 spiro atoms. The summed E-state index contributed by atoms with van der Waals surface area (Å²) in [4.78, 5) is 30.8. The van der Waals surface area contributed by atoms with E-state index in [2.05, 4.69) is 10.3 Å². The number of amides is 2. The molecule has 0 fully saturated rings. The molecular weight excluding hydrogens is 369 g/mol.